The lowest BCUT2D eigenvalue weighted by Crippen LogP contribution is -2.77. The Kier molecular flexibility index (Phi) is 17.6. The third kappa shape index (κ3) is 10.3. The van der Waals surface area contributed by atoms with E-state index in [-0.39, 0.29) is 0 Å². The molecule has 0 aliphatic heterocycles. The molecule has 0 N–H and O–H groups in total. The minimum Gasteiger partial charge on any atom is -0.200 e. The molecule has 0 rings (SSSR count). The highest BCUT2D eigenvalue weighted by Crippen LogP contribution is 2.67. The number of hydrogen-bond acceptors (Lipinski definition) is 0. The van der Waals surface area contributed by atoms with Gasteiger partial charge >= 0.3 is 71.1 Å². The summed E-state index contributed by atoms with van der Waals surface area (Å²) in [5.74, 6) is -71.0. The Balaban J connectivity index is 0. The Morgan fingerprint density at radius 3 is 0.837 bits per heavy atom. The summed E-state index contributed by atoms with van der Waals surface area (Å²) >= 11 is 30.0. The Bertz CT molecular complexity index is 977. The minimum atomic E-state index is -9.23. The van der Waals surface area contributed by atoms with E-state index in [4.69, 9.17) is 33.2 Å². The lowest BCUT2D eigenvalue weighted by Gasteiger charge is -2.45. The second-order valence-corrected chi connectivity index (χ2v) is 27.8. The van der Waals surface area contributed by atoms with Crippen LogP contribution in [0.15, 0.2) is 0 Å². The number of hydrogen-bond donors (Lipinski definition) is 0. The van der Waals surface area contributed by atoms with Crippen molar-refractivity contribution in [2.75, 3.05) is 0 Å². The van der Waals surface area contributed by atoms with Gasteiger partial charge in [0.05, 0.1) is 0 Å². The Morgan fingerprint density at radius 1 is 0.347 bits per heavy atom. The third-order valence-electron chi connectivity index (χ3n) is 6.18. The fraction of sp³-hybridized carbons (Fsp3) is 1.00. The zero-order valence-electron chi connectivity index (χ0n) is 23.6. The smallest absolute Gasteiger partial charge is 0.200 e. The molecule has 0 nitrogen and oxygen atoms in total. The average Bonchev–Trinajstić information content (AvgIpc) is 2.87. The van der Waals surface area contributed by atoms with Crippen molar-refractivity contribution in [3.8, 4) is 0 Å². The molecule has 0 aliphatic carbocycles. The van der Waals surface area contributed by atoms with E-state index in [0.717, 1.165) is 12.5 Å². The van der Waals surface area contributed by atoms with Gasteiger partial charge in [-0.25, -0.2) is 0 Å². The minimum absolute atomic E-state index is 0.826. The lowest BCUT2D eigenvalue weighted by molar-refractivity contribution is -0.472. The molecule has 0 unspecified atom stereocenters. The zero-order valence-corrected chi connectivity index (χ0v) is 30.1. The fourth-order valence-electron chi connectivity index (χ4n) is 3.20. The average molecular weight is 929 g/mol. The van der Waals surface area contributed by atoms with Gasteiger partial charge in [0.1, 0.15) is 0 Å². The van der Waals surface area contributed by atoms with Crippen molar-refractivity contribution < 1.29 is 92.2 Å². The van der Waals surface area contributed by atoms with Crippen LogP contribution < -0.4 is 0 Å². The second kappa shape index (κ2) is 16.6. The SMILES string of the molecule is CCCCCCCCCC[Si](Cl)(Cl)Cl.FC(F)(F)C(F)(F)C(F)(F)C(F)(F)C(F)(F)C(F)(F)C(F)(F)C(F)(F)C(F)(F)C(F)(F)[Si](Cl)(Cl)Cl. The predicted octanol–water partition coefficient (Wildman–Crippen LogP) is 14.2. The molecule has 49 heavy (non-hydrogen) atoms. The summed E-state index contributed by atoms with van der Waals surface area (Å²) in [6.07, 6.45) is 2.40. The van der Waals surface area contributed by atoms with Crippen molar-refractivity contribution in [1.82, 2.24) is 0 Å². The molecule has 0 aromatic heterocycles. The van der Waals surface area contributed by atoms with Crippen molar-refractivity contribution >= 4 is 78.5 Å². The van der Waals surface area contributed by atoms with Crippen LogP contribution in [0.5, 0.6) is 0 Å². The van der Waals surface area contributed by atoms with Crippen molar-refractivity contribution in [3.05, 3.63) is 0 Å². The maximum atomic E-state index is 13.4. The van der Waals surface area contributed by atoms with E-state index < -0.39 is 71.1 Å². The second-order valence-electron chi connectivity index (χ2n) is 10.0. The van der Waals surface area contributed by atoms with Gasteiger partial charge in [0.2, 0.25) is 0 Å². The van der Waals surface area contributed by atoms with Gasteiger partial charge in [-0.1, -0.05) is 58.3 Å². The largest absolute Gasteiger partial charge is 0.460 e. The molecule has 0 aromatic carbocycles. The molecule has 0 saturated heterocycles. The van der Waals surface area contributed by atoms with Gasteiger partial charge in [0, 0.05) is 0 Å². The number of halogens is 27. The van der Waals surface area contributed by atoms with Gasteiger partial charge in [0.25, 0.3) is 0 Å². The Labute approximate surface area is 293 Å². The van der Waals surface area contributed by atoms with E-state index in [0.29, 0.717) is 0 Å². The topological polar surface area (TPSA) is 0 Å². The molecular weight excluding hydrogens is 908 g/mol. The quantitative estimate of drug-likeness (QED) is 0.0556. The normalized spacial score (nSPS) is 15.7. The molecule has 0 bridgehead atoms. The molecule has 0 heterocycles. The molecule has 0 spiro atoms. The van der Waals surface area contributed by atoms with Crippen LogP contribution in [0.4, 0.5) is 92.2 Å². The number of alkyl halides is 21. The molecule has 0 fully saturated rings. The van der Waals surface area contributed by atoms with Gasteiger partial charge in [-0.3, -0.25) is 0 Å². The maximum Gasteiger partial charge on any atom is 0.460 e. The van der Waals surface area contributed by atoms with Crippen LogP contribution in [0.3, 0.4) is 0 Å². The lowest BCUT2D eigenvalue weighted by atomic mass is 9.87. The monoisotopic (exact) mass is 926 g/mol. The van der Waals surface area contributed by atoms with E-state index in [9.17, 15) is 92.2 Å². The molecular formula is C20H21Cl6F21Si2. The first-order valence-electron chi connectivity index (χ1n) is 12.7. The summed E-state index contributed by atoms with van der Waals surface area (Å²) in [6, 6.07) is -8.33. The van der Waals surface area contributed by atoms with Gasteiger partial charge in [0.15, 0.2) is 0 Å². The van der Waals surface area contributed by atoms with Crippen molar-refractivity contribution in [2.45, 2.75) is 123 Å². The molecule has 0 atom stereocenters. The Morgan fingerprint density at radius 2 is 0.592 bits per heavy atom. The maximum absolute atomic E-state index is 13.4. The van der Waals surface area contributed by atoms with Crippen LogP contribution in [0, 0.1) is 0 Å². The third-order valence-corrected chi connectivity index (χ3v) is 12.0. The molecule has 0 radical (unpaired) electrons. The summed E-state index contributed by atoms with van der Waals surface area (Å²) in [5, 5.41) is 0. The highest BCUT2D eigenvalue weighted by atomic mass is 35.8. The number of unbranched alkanes of at least 4 members (excludes halogenated alkanes) is 7. The van der Waals surface area contributed by atoms with Crippen LogP contribution in [-0.4, -0.2) is 71.1 Å². The van der Waals surface area contributed by atoms with E-state index in [1.54, 1.807) is 0 Å². The van der Waals surface area contributed by atoms with Crippen LogP contribution in [0.25, 0.3) is 0 Å². The van der Waals surface area contributed by atoms with Crippen LogP contribution in [-0.2, 0) is 0 Å². The van der Waals surface area contributed by atoms with E-state index in [2.05, 4.69) is 40.2 Å². The standard InChI is InChI=1S/C10Cl3F21Si.C10H21Cl3Si/c11-35(12,13)10(33,34)8(28,29)6(24,25)4(20,21)2(16,17)1(14,15)3(18,19)5(22,23)7(26,27)9(30,31)32;1-2-3-4-5-6-7-8-9-10-14(11,12)13/h;2-10H2,1H3. The summed E-state index contributed by atoms with van der Waals surface area (Å²) < 4.78 is 274. The number of rotatable bonds is 18. The summed E-state index contributed by atoms with van der Waals surface area (Å²) in [5.41, 5.74) is -7.15. The van der Waals surface area contributed by atoms with E-state index in [1.807, 2.05) is 0 Å². The fourth-order valence-corrected chi connectivity index (χ4v) is 6.63. The summed E-state index contributed by atoms with van der Waals surface area (Å²) in [7, 11) is 0. The first-order valence-corrected chi connectivity index (χ1v) is 22.9. The van der Waals surface area contributed by atoms with E-state index in [1.165, 1.54) is 44.9 Å². The van der Waals surface area contributed by atoms with Gasteiger partial charge in [-0.05, 0) is 6.04 Å². The van der Waals surface area contributed by atoms with Crippen molar-refractivity contribution in [3.63, 3.8) is 0 Å². The summed E-state index contributed by atoms with van der Waals surface area (Å²) in [4.78, 5) is 0. The molecule has 0 aliphatic rings. The van der Waals surface area contributed by atoms with Crippen molar-refractivity contribution in [1.29, 1.82) is 0 Å². The molecule has 29 heteroatoms. The van der Waals surface area contributed by atoms with Crippen LogP contribution in [0.1, 0.15) is 58.3 Å². The van der Waals surface area contributed by atoms with E-state index >= 15 is 0 Å². The highest BCUT2D eigenvalue weighted by molar-refractivity contribution is 7.65. The van der Waals surface area contributed by atoms with Gasteiger partial charge < -0.3 is 0 Å². The van der Waals surface area contributed by atoms with Crippen LogP contribution in [0.2, 0.25) is 6.04 Å². The predicted molar refractivity (Wildman–Crippen MR) is 145 cm³/mol. The molecule has 298 valence electrons. The van der Waals surface area contributed by atoms with Gasteiger partial charge in [-0.15, -0.1) is 66.5 Å². The highest BCUT2D eigenvalue weighted by Gasteiger charge is 2.98. The summed E-state index contributed by atoms with van der Waals surface area (Å²) in [6.45, 7) is 2.24. The van der Waals surface area contributed by atoms with Crippen molar-refractivity contribution in [2.24, 2.45) is 0 Å². The van der Waals surface area contributed by atoms with Crippen LogP contribution >= 0.6 is 66.5 Å². The first kappa shape index (κ1) is 51.8. The molecule has 0 saturated carbocycles. The zero-order chi connectivity index (χ0) is 40.4. The molecule has 0 amide bonds. The van der Waals surface area contributed by atoms with Gasteiger partial charge in [-0.2, -0.15) is 92.2 Å². The first-order chi connectivity index (χ1) is 21.1. The molecule has 0 aromatic rings. The Hall–Kier alpha value is 0.704.